The lowest BCUT2D eigenvalue weighted by Crippen LogP contribution is -1.63. The van der Waals surface area contributed by atoms with Crippen molar-refractivity contribution in [3.05, 3.63) is 0 Å². The molecule has 0 rings (SSSR count). The van der Waals surface area contributed by atoms with E-state index in [0.717, 1.165) is 0 Å². The van der Waals surface area contributed by atoms with Crippen LogP contribution in [0.25, 0.3) is 0 Å². The summed E-state index contributed by atoms with van der Waals surface area (Å²) in [5.41, 5.74) is 0. The van der Waals surface area contributed by atoms with Gasteiger partial charge in [-0.1, -0.05) is 0 Å². The van der Waals surface area contributed by atoms with E-state index in [0.29, 0.717) is 11.8 Å². The van der Waals surface area contributed by atoms with E-state index in [1.165, 1.54) is 0 Å². The maximum Gasteiger partial charge on any atom is 0.0359 e. The summed E-state index contributed by atoms with van der Waals surface area (Å²) in [7, 11) is 0. The van der Waals surface area contributed by atoms with Gasteiger partial charge in [-0.2, -0.15) is 0 Å². The van der Waals surface area contributed by atoms with Crippen molar-refractivity contribution in [1.82, 2.24) is 0 Å². The zero-order valence-corrected chi connectivity index (χ0v) is 4.50. The van der Waals surface area contributed by atoms with Crippen molar-refractivity contribution < 1.29 is 9.41 Å². The van der Waals surface area contributed by atoms with E-state index in [1.54, 1.807) is 0 Å². The fourth-order valence-corrected chi connectivity index (χ4v) is 0. The molecule has 0 amide bonds. The molecule has 0 nitrogen and oxygen atoms in total. The Morgan fingerprint density at radius 1 is 0.833 bits per heavy atom. The van der Waals surface area contributed by atoms with Gasteiger partial charge in [0.2, 0.25) is 0 Å². The first-order chi connectivity index (χ1) is 1.91. The minimum Gasteiger partial charge on any atom is -0.269 e. The normalized spacial score (nSPS) is 5.00. The lowest BCUT2D eigenvalue weighted by Gasteiger charge is -1.63. The first-order valence-electron chi connectivity index (χ1n) is 1.03. The van der Waals surface area contributed by atoms with Crippen LogP contribution in [0.5, 0.6) is 0 Å². The van der Waals surface area contributed by atoms with E-state index in [9.17, 15) is 0 Å². The summed E-state index contributed by atoms with van der Waals surface area (Å²) in [4.78, 5) is 0. The maximum atomic E-state index is 5.05. The second-order valence-corrected chi connectivity index (χ2v) is 1.13. The number of hydrogen-bond donors (Lipinski definition) is 0. The van der Waals surface area contributed by atoms with Gasteiger partial charge in [0.1, 0.15) is 0 Å². The lowest BCUT2D eigenvalue weighted by molar-refractivity contribution is 1.11. The molecule has 0 radical (unpaired) electrons. The molecule has 6 heavy (non-hydrogen) atoms. The molecule has 0 aliphatic heterocycles. The van der Waals surface area contributed by atoms with Crippen LogP contribution >= 0.6 is 23.2 Å². The van der Waals surface area contributed by atoms with Gasteiger partial charge in [-0.3, -0.25) is 9.41 Å². The van der Waals surface area contributed by atoms with Crippen LogP contribution < -0.4 is 0 Å². The highest BCUT2D eigenvalue weighted by atomic mass is 35.5. The molecular weight excluding hydrogens is 133 g/mol. The van der Waals surface area contributed by atoms with Crippen LogP contribution in [0, 0.1) is 0 Å². The highest BCUT2D eigenvalue weighted by Crippen LogP contribution is 1.75. The molecule has 4 heteroatoms. The Labute approximate surface area is 45.2 Å². The molecule has 0 aliphatic carbocycles. The minimum absolute atomic E-state index is 0. The summed E-state index contributed by atoms with van der Waals surface area (Å²) in [6.07, 6.45) is 0. The Kier molecular flexibility index (Phi) is 48.4. The molecule has 0 aromatic rings. The van der Waals surface area contributed by atoms with E-state index in [-0.39, 0.29) is 9.41 Å². The van der Waals surface area contributed by atoms with Gasteiger partial charge in [0, 0.05) is 11.8 Å². The molecule has 0 aromatic carbocycles. The van der Waals surface area contributed by atoms with Crippen molar-refractivity contribution in [2.45, 2.75) is 0 Å². The third-order valence-corrected chi connectivity index (χ3v) is 0.643. The summed E-state index contributed by atoms with van der Waals surface area (Å²) in [6, 6.07) is 0. The maximum absolute atomic E-state index is 5.05. The first-order valence-corrected chi connectivity index (χ1v) is 2.10. The number of halogens is 4. The largest absolute Gasteiger partial charge is 0.269 e. The Balaban J connectivity index is -0.0000000450. The zero-order valence-electron chi connectivity index (χ0n) is 2.99. The standard InChI is InChI=1S/C2H4Cl2.2FH/c3-1-2-4;;/h1-2H2;2*1H. The molecule has 0 unspecified atom stereocenters. The fourth-order valence-electron chi connectivity index (χ4n) is 0. The highest BCUT2D eigenvalue weighted by Gasteiger charge is 1.61. The molecule has 0 heterocycles. The van der Waals surface area contributed by atoms with Gasteiger partial charge in [0.05, 0.1) is 0 Å². The molecule has 0 spiro atoms. The Morgan fingerprint density at radius 2 is 1.00 bits per heavy atom. The summed E-state index contributed by atoms with van der Waals surface area (Å²) in [5, 5.41) is 0. The van der Waals surface area contributed by atoms with Crippen molar-refractivity contribution in [3.63, 3.8) is 0 Å². The average Bonchev–Trinajstić information content (AvgIpc) is 1.37. The van der Waals surface area contributed by atoms with Crippen LogP contribution in [-0.2, 0) is 0 Å². The second kappa shape index (κ2) is 18.0. The molecule has 0 N–H and O–H groups in total. The van der Waals surface area contributed by atoms with E-state index in [1.807, 2.05) is 0 Å². The third-order valence-electron chi connectivity index (χ3n) is 0.0714. The molecular formula is C2H6Cl2F2. The van der Waals surface area contributed by atoms with Crippen molar-refractivity contribution in [3.8, 4) is 0 Å². The predicted molar refractivity (Wildman–Crippen MR) is 26.4 cm³/mol. The Morgan fingerprint density at radius 3 is 1.00 bits per heavy atom. The zero-order chi connectivity index (χ0) is 3.41. The second-order valence-electron chi connectivity index (χ2n) is 0.378. The lowest BCUT2D eigenvalue weighted by atomic mass is 11.0. The van der Waals surface area contributed by atoms with Crippen molar-refractivity contribution in [1.29, 1.82) is 0 Å². The molecule has 0 fully saturated rings. The van der Waals surface area contributed by atoms with Gasteiger partial charge >= 0.3 is 0 Å². The quantitative estimate of drug-likeness (QED) is 0.485. The van der Waals surface area contributed by atoms with Crippen LogP contribution in [0.15, 0.2) is 0 Å². The van der Waals surface area contributed by atoms with E-state index in [2.05, 4.69) is 0 Å². The number of hydrogen-bond acceptors (Lipinski definition) is 0. The fraction of sp³-hybridized carbons (Fsp3) is 1.00. The van der Waals surface area contributed by atoms with Gasteiger partial charge in [0.25, 0.3) is 0 Å². The van der Waals surface area contributed by atoms with Crippen molar-refractivity contribution in [2.24, 2.45) is 0 Å². The smallest absolute Gasteiger partial charge is 0.0359 e. The van der Waals surface area contributed by atoms with E-state index >= 15 is 0 Å². The summed E-state index contributed by atoms with van der Waals surface area (Å²) in [6.45, 7) is 0. The third kappa shape index (κ3) is 25.3. The topological polar surface area (TPSA) is 0 Å². The number of rotatable bonds is 1. The van der Waals surface area contributed by atoms with Gasteiger partial charge in [-0.15, -0.1) is 23.2 Å². The van der Waals surface area contributed by atoms with E-state index in [4.69, 9.17) is 23.2 Å². The van der Waals surface area contributed by atoms with Crippen LogP contribution in [0.3, 0.4) is 0 Å². The van der Waals surface area contributed by atoms with Crippen LogP contribution in [-0.4, -0.2) is 11.8 Å². The van der Waals surface area contributed by atoms with Crippen molar-refractivity contribution in [2.75, 3.05) is 11.8 Å². The average molecular weight is 139 g/mol. The SMILES string of the molecule is ClCCCl.F.F. The van der Waals surface area contributed by atoms with Crippen LogP contribution in [0.1, 0.15) is 0 Å². The van der Waals surface area contributed by atoms with Crippen molar-refractivity contribution >= 4 is 23.2 Å². The van der Waals surface area contributed by atoms with Gasteiger partial charge in [-0.05, 0) is 0 Å². The van der Waals surface area contributed by atoms with Crippen LogP contribution in [0.2, 0.25) is 0 Å². The molecule has 0 aromatic heterocycles. The minimum atomic E-state index is 0. The number of alkyl halides is 2. The monoisotopic (exact) mass is 138 g/mol. The summed E-state index contributed by atoms with van der Waals surface area (Å²) in [5.74, 6) is 1.11. The highest BCUT2D eigenvalue weighted by molar-refractivity contribution is 6.25. The summed E-state index contributed by atoms with van der Waals surface area (Å²) >= 11 is 10.1. The summed E-state index contributed by atoms with van der Waals surface area (Å²) < 4.78 is 0. The molecule has 0 saturated heterocycles. The predicted octanol–water partition coefficient (Wildman–Crippen LogP) is 1.77. The Bertz CT molecular complexity index is 11.5. The Hall–Kier alpha value is 0.440. The molecule has 0 saturated carbocycles. The van der Waals surface area contributed by atoms with Gasteiger partial charge in [0.15, 0.2) is 0 Å². The molecule has 0 atom stereocenters. The van der Waals surface area contributed by atoms with Gasteiger partial charge < -0.3 is 0 Å². The van der Waals surface area contributed by atoms with Gasteiger partial charge in [-0.25, -0.2) is 0 Å². The molecule has 42 valence electrons. The molecule has 0 aliphatic rings. The molecule has 0 bridgehead atoms. The van der Waals surface area contributed by atoms with Crippen LogP contribution in [0.4, 0.5) is 9.41 Å². The first kappa shape index (κ1) is 16.1. The van der Waals surface area contributed by atoms with E-state index < -0.39 is 0 Å².